The quantitative estimate of drug-likeness (QED) is 0.237. The summed E-state index contributed by atoms with van der Waals surface area (Å²) in [6.07, 6.45) is 3.45. The number of aryl methyl sites for hydroxylation is 1. The van der Waals surface area contributed by atoms with E-state index in [1.165, 1.54) is 17.7 Å². The van der Waals surface area contributed by atoms with E-state index in [9.17, 15) is 17.6 Å². The fourth-order valence-electron chi connectivity index (χ4n) is 3.20. The van der Waals surface area contributed by atoms with Gasteiger partial charge < -0.3 is 0 Å². The van der Waals surface area contributed by atoms with Crippen molar-refractivity contribution >= 4 is 0 Å². The molecule has 0 amide bonds. The molecule has 0 aromatic heterocycles. The van der Waals surface area contributed by atoms with Crippen molar-refractivity contribution in [2.45, 2.75) is 39.5 Å². The van der Waals surface area contributed by atoms with Crippen molar-refractivity contribution in [1.29, 1.82) is 0 Å². The number of hydrogen-bond donors (Lipinski definition) is 0. The number of hydrogen-bond acceptors (Lipinski definition) is 0. The van der Waals surface area contributed by atoms with Crippen LogP contribution in [-0.4, -0.2) is 0 Å². The molecule has 0 spiro atoms. The molecular formula is C28H22F4. The second kappa shape index (κ2) is 10.7. The molecule has 0 radical (unpaired) electrons. The summed E-state index contributed by atoms with van der Waals surface area (Å²) in [6.45, 7) is 3.77. The van der Waals surface area contributed by atoms with Gasteiger partial charge >= 0.3 is 0 Å². The Labute approximate surface area is 186 Å². The SMILES string of the molecule is CCCCc1ccc(C#Cc2ccc(C#Cc3cc(F)c(F)c(F)c3CC)cc2F)cc1. The van der Waals surface area contributed by atoms with Crippen LogP contribution in [0.5, 0.6) is 0 Å². The molecule has 0 saturated carbocycles. The van der Waals surface area contributed by atoms with Gasteiger partial charge in [0.2, 0.25) is 0 Å². The molecule has 0 saturated heterocycles. The fourth-order valence-corrected chi connectivity index (χ4v) is 3.20. The number of benzene rings is 3. The fraction of sp³-hybridized carbons (Fsp3) is 0.214. The molecule has 0 aliphatic heterocycles. The summed E-state index contributed by atoms with van der Waals surface area (Å²) in [5.41, 5.74) is 2.61. The highest BCUT2D eigenvalue weighted by Gasteiger charge is 2.16. The van der Waals surface area contributed by atoms with Crippen molar-refractivity contribution in [3.63, 3.8) is 0 Å². The summed E-state index contributed by atoms with van der Waals surface area (Å²) in [5.74, 6) is 6.45. The van der Waals surface area contributed by atoms with Crippen molar-refractivity contribution in [1.82, 2.24) is 0 Å². The molecule has 0 nitrogen and oxygen atoms in total. The highest BCUT2D eigenvalue weighted by atomic mass is 19.2. The third-order valence-electron chi connectivity index (χ3n) is 5.04. The van der Waals surface area contributed by atoms with Gasteiger partial charge in [0.25, 0.3) is 0 Å². The lowest BCUT2D eigenvalue weighted by Crippen LogP contribution is -2.00. The smallest absolute Gasteiger partial charge is 0.194 e. The molecule has 0 atom stereocenters. The molecule has 3 rings (SSSR count). The third-order valence-corrected chi connectivity index (χ3v) is 5.04. The van der Waals surface area contributed by atoms with Crippen molar-refractivity contribution in [2.75, 3.05) is 0 Å². The Bertz CT molecular complexity index is 1230. The second-order valence-electron chi connectivity index (χ2n) is 7.36. The third kappa shape index (κ3) is 5.59. The zero-order valence-corrected chi connectivity index (χ0v) is 18.0. The molecule has 32 heavy (non-hydrogen) atoms. The van der Waals surface area contributed by atoms with Crippen LogP contribution in [0.2, 0.25) is 0 Å². The second-order valence-corrected chi connectivity index (χ2v) is 7.36. The first-order valence-corrected chi connectivity index (χ1v) is 10.5. The van der Waals surface area contributed by atoms with E-state index < -0.39 is 23.3 Å². The van der Waals surface area contributed by atoms with Gasteiger partial charge in [0.15, 0.2) is 17.5 Å². The van der Waals surface area contributed by atoms with Gasteiger partial charge in [-0.3, -0.25) is 0 Å². The standard InChI is InChI=1S/C28H22F4/c1-3-5-6-19-7-9-20(10-8-19)11-14-22-15-12-21(17-25(22)29)13-16-23-18-26(30)28(32)27(31)24(23)4-2/h7-10,12,15,17-18H,3-6H2,1-2H3. The first-order valence-electron chi connectivity index (χ1n) is 10.5. The molecule has 0 fully saturated rings. The first kappa shape index (κ1) is 23.2. The van der Waals surface area contributed by atoms with Gasteiger partial charge in [-0.05, 0) is 61.2 Å². The van der Waals surface area contributed by atoms with Crippen LogP contribution in [0, 0.1) is 47.0 Å². The molecule has 0 aliphatic rings. The lowest BCUT2D eigenvalue weighted by Gasteiger charge is -2.05. The molecule has 0 unspecified atom stereocenters. The molecular weight excluding hydrogens is 412 g/mol. The van der Waals surface area contributed by atoms with Crippen molar-refractivity contribution in [3.8, 4) is 23.7 Å². The van der Waals surface area contributed by atoms with Crippen LogP contribution in [-0.2, 0) is 12.8 Å². The van der Waals surface area contributed by atoms with Gasteiger partial charge in [-0.25, -0.2) is 17.6 Å². The highest BCUT2D eigenvalue weighted by Crippen LogP contribution is 2.20. The van der Waals surface area contributed by atoms with Gasteiger partial charge in [0.05, 0.1) is 5.56 Å². The van der Waals surface area contributed by atoms with Crippen molar-refractivity contribution in [2.24, 2.45) is 0 Å². The largest absolute Gasteiger partial charge is 0.206 e. The lowest BCUT2D eigenvalue weighted by molar-refractivity contribution is 0.441. The Morgan fingerprint density at radius 1 is 0.656 bits per heavy atom. The average molecular weight is 434 g/mol. The minimum absolute atomic E-state index is 0.0138. The van der Waals surface area contributed by atoms with E-state index in [-0.39, 0.29) is 23.1 Å². The van der Waals surface area contributed by atoms with E-state index in [0.717, 1.165) is 30.9 Å². The van der Waals surface area contributed by atoms with E-state index in [4.69, 9.17) is 0 Å². The van der Waals surface area contributed by atoms with Crippen LogP contribution in [0.25, 0.3) is 0 Å². The van der Waals surface area contributed by atoms with Crippen molar-refractivity contribution < 1.29 is 17.6 Å². The molecule has 3 aromatic rings. The topological polar surface area (TPSA) is 0 Å². The minimum Gasteiger partial charge on any atom is -0.206 e. The molecule has 0 N–H and O–H groups in total. The van der Waals surface area contributed by atoms with Crippen LogP contribution < -0.4 is 0 Å². The van der Waals surface area contributed by atoms with Crippen LogP contribution in [0.1, 0.15) is 60.1 Å². The van der Waals surface area contributed by atoms with Crippen molar-refractivity contribution in [3.05, 3.63) is 105 Å². The predicted octanol–water partition coefficient (Wildman–Crippen LogP) is 6.95. The van der Waals surface area contributed by atoms with Crippen LogP contribution in [0.15, 0.2) is 48.5 Å². The molecule has 3 aromatic carbocycles. The normalized spacial score (nSPS) is 10.2. The van der Waals surface area contributed by atoms with Gasteiger partial charge in [-0.2, -0.15) is 0 Å². The number of halogens is 4. The maximum absolute atomic E-state index is 14.5. The number of unbranched alkanes of at least 4 members (excludes halogenated alkanes) is 1. The van der Waals surface area contributed by atoms with Crippen LogP contribution in [0.3, 0.4) is 0 Å². The Morgan fingerprint density at radius 3 is 1.97 bits per heavy atom. The molecule has 4 heteroatoms. The maximum atomic E-state index is 14.5. The van der Waals surface area contributed by atoms with Crippen LogP contribution >= 0.6 is 0 Å². The van der Waals surface area contributed by atoms with Gasteiger partial charge in [-0.15, -0.1) is 0 Å². The molecule has 0 heterocycles. The summed E-state index contributed by atoms with van der Waals surface area (Å²) >= 11 is 0. The Balaban J connectivity index is 1.80. The molecule has 0 bridgehead atoms. The summed E-state index contributed by atoms with van der Waals surface area (Å²) in [4.78, 5) is 0. The monoisotopic (exact) mass is 434 g/mol. The Morgan fingerprint density at radius 2 is 1.31 bits per heavy atom. The predicted molar refractivity (Wildman–Crippen MR) is 119 cm³/mol. The zero-order chi connectivity index (χ0) is 23.1. The van der Waals surface area contributed by atoms with E-state index in [1.54, 1.807) is 13.0 Å². The van der Waals surface area contributed by atoms with E-state index >= 15 is 0 Å². The minimum atomic E-state index is -1.52. The number of rotatable bonds is 4. The zero-order valence-electron chi connectivity index (χ0n) is 18.0. The van der Waals surface area contributed by atoms with Crippen LogP contribution in [0.4, 0.5) is 17.6 Å². The first-order chi connectivity index (χ1) is 15.4. The van der Waals surface area contributed by atoms with E-state index in [0.29, 0.717) is 5.56 Å². The van der Waals surface area contributed by atoms with E-state index in [2.05, 4.69) is 30.6 Å². The lowest BCUT2D eigenvalue weighted by atomic mass is 10.0. The Kier molecular flexibility index (Phi) is 7.74. The van der Waals surface area contributed by atoms with Gasteiger partial charge in [0, 0.05) is 22.3 Å². The summed E-state index contributed by atoms with van der Waals surface area (Å²) < 4.78 is 55.3. The molecule has 162 valence electrons. The molecule has 0 aliphatic carbocycles. The van der Waals surface area contributed by atoms with Gasteiger partial charge in [-0.1, -0.05) is 56.1 Å². The average Bonchev–Trinajstić information content (AvgIpc) is 2.80. The summed E-state index contributed by atoms with van der Waals surface area (Å²) in [7, 11) is 0. The Hall–Kier alpha value is -3.50. The summed E-state index contributed by atoms with van der Waals surface area (Å²) in [5, 5.41) is 0. The van der Waals surface area contributed by atoms with E-state index in [1.807, 2.05) is 24.3 Å². The summed E-state index contributed by atoms with van der Waals surface area (Å²) in [6, 6.07) is 13.1. The maximum Gasteiger partial charge on any atom is 0.194 e. The van der Waals surface area contributed by atoms with Gasteiger partial charge in [0.1, 0.15) is 5.82 Å². The highest BCUT2D eigenvalue weighted by molar-refractivity contribution is 5.50.